The van der Waals surface area contributed by atoms with Crippen LogP contribution in [0.4, 0.5) is 5.82 Å². The molecule has 108 valence electrons. The van der Waals surface area contributed by atoms with Crippen LogP contribution in [0, 0.1) is 5.92 Å². The second kappa shape index (κ2) is 6.19. The highest BCUT2D eigenvalue weighted by atomic mass is 79.9. The third kappa shape index (κ3) is 3.90. The van der Waals surface area contributed by atoms with Crippen molar-refractivity contribution in [2.75, 3.05) is 12.8 Å². The standard InChI is InChI=1S/C12H20BrN3O2S/c1-8(2)5-9(3)16(4)19(17,18)11-6-10(13)7-15-12(11)14/h6-9H,5H2,1-4H3,(H2,14,15). The lowest BCUT2D eigenvalue weighted by molar-refractivity contribution is 0.338. The third-order valence-electron chi connectivity index (χ3n) is 2.94. The summed E-state index contributed by atoms with van der Waals surface area (Å²) in [4.78, 5) is 3.91. The van der Waals surface area contributed by atoms with Crippen LogP contribution in [0.15, 0.2) is 21.6 Å². The van der Waals surface area contributed by atoms with Gasteiger partial charge >= 0.3 is 0 Å². The summed E-state index contributed by atoms with van der Waals surface area (Å²) in [6, 6.07) is 1.39. The molecule has 1 aromatic rings. The Bertz CT molecular complexity index is 546. The first kappa shape index (κ1) is 16.4. The zero-order valence-corrected chi connectivity index (χ0v) is 14.0. The van der Waals surface area contributed by atoms with Crippen LogP contribution in [-0.4, -0.2) is 30.8 Å². The molecule has 5 nitrogen and oxygen atoms in total. The number of rotatable bonds is 5. The van der Waals surface area contributed by atoms with Crippen molar-refractivity contribution in [3.8, 4) is 0 Å². The average Bonchev–Trinajstić information content (AvgIpc) is 2.30. The molecule has 19 heavy (non-hydrogen) atoms. The van der Waals surface area contributed by atoms with Gasteiger partial charge in [-0.1, -0.05) is 13.8 Å². The minimum atomic E-state index is -3.62. The van der Waals surface area contributed by atoms with E-state index in [0.29, 0.717) is 10.4 Å². The van der Waals surface area contributed by atoms with Crippen molar-refractivity contribution in [1.82, 2.24) is 9.29 Å². The molecule has 1 unspecified atom stereocenters. The summed E-state index contributed by atoms with van der Waals surface area (Å²) in [7, 11) is -2.05. The Kier molecular flexibility index (Phi) is 5.34. The van der Waals surface area contributed by atoms with E-state index in [1.165, 1.54) is 16.6 Å². The molecule has 0 aromatic carbocycles. The van der Waals surface area contributed by atoms with Crippen molar-refractivity contribution in [2.24, 2.45) is 5.92 Å². The minimum absolute atomic E-state index is 0.0202. The van der Waals surface area contributed by atoms with Gasteiger partial charge in [-0.15, -0.1) is 0 Å². The number of sulfonamides is 1. The monoisotopic (exact) mass is 349 g/mol. The molecule has 0 aliphatic carbocycles. The first-order valence-corrected chi connectivity index (χ1v) is 8.28. The lowest BCUT2D eigenvalue weighted by atomic mass is 10.1. The number of hydrogen-bond donors (Lipinski definition) is 1. The van der Waals surface area contributed by atoms with Gasteiger partial charge in [0.2, 0.25) is 10.0 Å². The normalized spacial score (nSPS) is 14.1. The summed E-state index contributed by atoms with van der Waals surface area (Å²) in [5, 5.41) is 0. The summed E-state index contributed by atoms with van der Waals surface area (Å²) < 4.78 is 27.0. The van der Waals surface area contributed by atoms with Crippen molar-refractivity contribution in [1.29, 1.82) is 0 Å². The van der Waals surface area contributed by atoms with Crippen LogP contribution in [0.1, 0.15) is 27.2 Å². The van der Waals surface area contributed by atoms with E-state index < -0.39 is 10.0 Å². The van der Waals surface area contributed by atoms with Crippen LogP contribution in [0.5, 0.6) is 0 Å². The molecule has 0 aliphatic heterocycles. The highest BCUT2D eigenvalue weighted by Crippen LogP contribution is 2.25. The lowest BCUT2D eigenvalue weighted by Crippen LogP contribution is -2.36. The number of nitrogens with two attached hydrogens (primary N) is 1. The van der Waals surface area contributed by atoms with E-state index in [1.807, 2.05) is 6.92 Å². The van der Waals surface area contributed by atoms with Gasteiger partial charge in [-0.05, 0) is 41.3 Å². The zero-order valence-electron chi connectivity index (χ0n) is 11.6. The van der Waals surface area contributed by atoms with E-state index in [9.17, 15) is 8.42 Å². The van der Waals surface area contributed by atoms with Gasteiger partial charge in [0.15, 0.2) is 0 Å². The molecule has 0 saturated heterocycles. The van der Waals surface area contributed by atoms with Gasteiger partial charge in [-0.3, -0.25) is 0 Å². The minimum Gasteiger partial charge on any atom is -0.383 e. The second-order valence-electron chi connectivity index (χ2n) is 5.04. The van der Waals surface area contributed by atoms with Crippen molar-refractivity contribution in [3.63, 3.8) is 0 Å². The summed E-state index contributed by atoms with van der Waals surface area (Å²) in [6.45, 7) is 6.01. The molecular weight excluding hydrogens is 330 g/mol. The Hall–Kier alpha value is -0.660. The first-order valence-electron chi connectivity index (χ1n) is 6.05. The molecular formula is C12H20BrN3O2S. The summed E-state index contributed by atoms with van der Waals surface area (Å²) in [5.41, 5.74) is 5.68. The summed E-state index contributed by atoms with van der Waals surface area (Å²) in [5.74, 6) is 0.442. The molecule has 0 aliphatic rings. The molecule has 1 atom stereocenters. The van der Waals surface area contributed by atoms with E-state index in [2.05, 4.69) is 34.8 Å². The van der Waals surface area contributed by atoms with Gasteiger partial charge in [0.25, 0.3) is 0 Å². The molecule has 0 bridgehead atoms. The number of pyridine rings is 1. The summed E-state index contributed by atoms with van der Waals surface area (Å²) >= 11 is 3.21. The second-order valence-corrected chi connectivity index (χ2v) is 7.92. The molecule has 1 aromatic heterocycles. The molecule has 1 heterocycles. The molecule has 7 heteroatoms. The quantitative estimate of drug-likeness (QED) is 0.885. The highest BCUT2D eigenvalue weighted by Gasteiger charge is 2.28. The first-order chi connectivity index (χ1) is 8.66. The molecule has 0 spiro atoms. The number of anilines is 1. The number of nitrogens with zero attached hydrogens (tertiary/aromatic N) is 2. The number of halogens is 1. The fourth-order valence-electron chi connectivity index (χ4n) is 1.86. The van der Waals surface area contributed by atoms with Crippen LogP contribution in [0.2, 0.25) is 0 Å². The Balaban J connectivity index is 3.13. The van der Waals surface area contributed by atoms with E-state index in [1.54, 1.807) is 7.05 Å². The van der Waals surface area contributed by atoms with Crippen molar-refractivity contribution < 1.29 is 8.42 Å². The fraction of sp³-hybridized carbons (Fsp3) is 0.583. The van der Waals surface area contributed by atoms with Gasteiger partial charge in [0, 0.05) is 23.8 Å². The average molecular weight is 350 g/mol. The SMILES string of the molecule is CC(C)CC(C)N(C)S(=O)(=O)c1cc(Br)cnc1N. The van der Waals surface area contributed by atoms with Crippen LogP contribution in [-0.2, 0) is 10.0 Å². The maximum Gasteiger partial charge on any atom is 0.246 e. The maximum absolute atomic E-state index is 12.5. The number of nitrogen functional groups attached to an aromatic ring is 1. The van der Waals surface area contributed by atoms with Crippen LogP contribution in [0.25, 0.3) is 0 Å². The van der Waals surface area contributed by atoms with Crippen molar-refractivity contribution in [3.05, 3.63) is 16.7 Å². The Morgan fingerprint density at radius 2 is 2.00 bits per heavy atom. The van der Waals surface area contributed by atoms with Crippen LogP contribution in [0.3, 0.4) is 0 Å². The van der Waals surface area contributed by atoms with Crippen molar-refractivity contribution in [2.45, 2.75) is 38.1 Å². The molecule has 1 rings (SSSR count). The summed E-state index contributed by atoms with van der Waals surface area (Å²) in [6.07, 6.45) is 2.27. The van der Waals surface area contributed by atoms with E-state index in [4.69, 9.17) is 5.73 Å². The van der Waals surface area contributed by atoms with Crippen molar-refractivity contribution >= 4 is 31.8 Å². The molecule has 0 saturated carbocycles. The molecule has 0 fully saturated rings. The van der Waals surface area contributed by atoms with E-state index in [-0.39, 0.29) is 16.8 Å². The van der Waals surface area contributed by atoms with Crippen LogP contribution < -0.4 is 5.73 Å². The number of aromatic nitrogens is 1. The smallest absolute Gasteiger partial charge is 0.246 e. The maximum atomic E-state index is 12.5. The molecule has 0 radical (unpaired) electrons. The molecule has 2 N–H and O–H groups in total. The number of hydrogen-bond acceptors (Lipinski definition) is 4. The lowest BCUT2D eigenvalue weighted by Gasteiger charge is -2.26. The topological polar surface area (TPSA) is 76.3 Å². The van der Waals surface area contributed by atoms with Gasteiger partial charge in [-0.2, -0.15) is 4.31 Å². The Labute approximate surface area is 123 Å². The fourth-order valence-corrected chi connectivity index (χ4v) is 3.81. The van der Waals surface area contributed by atoms with Gasteiger partial charge < -0.3 is 5.73 Å². The predicted molar refractivity (Wildman–Crippen MR) is 80.2 cm³/mol. The Morgan fingerprint density at radius 3 is 2.53 bits per heavy atom. The predicted octanol–water partition coefficient (Wildman–Crippen LogP) is 2.48. The molecule has 0 amide bonds. The van der Waals surface area contributed by atoms with E-state index in [0.717, 1.165) is 6.42 Å². The highest BCUT2D eigenvalue weighted by molar-refractivity contribution is 9.10. The largest absolute Gasteiger partial charge is 0.383 e. The Morgan fingerprint density at radius 1 is 1.42 bits per heavy atom. The zero-order chi connectivity index (χ0) is 14.8. The van der Waals surface area contributed by atoms with Crippen LogP contribution >= 0.6 is 15.9 Å². The van der Waals surface area contributed by atoms with Gasteiger partial charge in [-0.25, -0.2) is 13.4 Å². The van der Waals surface area contributed by atoms with E-state index >= 15 is 0 Å². The van der Waals surface area contributed by atoms with Gasteiger partial charge in [0.05, 0.1) is 0 Å². The third-order valence-corrected chi connectivity index (χ3v) is 5.37. The van der Waals surface area contributed by atoms with Gasteiger partial charge in [0.1, 0.15) is 10.7 Å².